The average molecular weight is 369 g/mol. The summed E-state index contributed by atoms with van der Waals surface area (Å²) in [7, 11) is 4.03. The highest BCUT2D eigenvalue weighted by atomic mass is 19.4. The van der Waals surface area contributed by atoms with Crippen molar-refractivity contribution in [3.8, 4) is 0 Å². The molecule has 142 valence electrons. The largest absolute Gasteiger partial charge is 0.433 e. The van der Waals surface area contributed by atoms with E-state index in [9.17, 15) is 18.0 Å². The molecule has 0 bridgehead atoms. The third-order valence-corrected chi connectivity index (χ3v) is 4.84. The standard InChI is InChI=1S/C17H22F3N5O/c1-11-9-14(17(18,19)20)25-15(22-11)13(10-21-25)16(26)24-7-4-5-12(6-8-24)23(2)3/h9-10,12H,4-8H2,1-3H3/t12-/m0/s1. The normalized spacial score (nSPS) is 19.2. The van der Waals surface area contributed by atoms with E-state index >= 15 is 0 Å². The number of halogens is 3. The van der Waals surface area contributed by atoms with Crippen molar-refractivity contribution in [1.82, 2.24) is 24.4 Å². The second kappa shape index (κ2) is 6.86. The minimum absolute atomic E-state index is 0.0456. The summed E-state index contributed by atoms with van der Waals surface area (Å²) in [5.41, 5.74) is -0.663. The van der Waals surface area contributed by atoms with Crippen molar-refractivity contribution in [2.24, 2.45) is 0 Å². The molecule has 26 heavy (non-hydrogen) atoms. The van der Waals surface area contributed by atoms with Gasteiger partial charge in [-0.1, -0.05) is 0 Å². The Morgan fingerprint density at radius 2 is 2.00 bits per heavy atom. The first-order valence-corrected chi connectivity index (χ1v) is 8.56. The van der Waals surface area contributed by atoms with E-state index in [1.165, 1.54) is 13.1 Å². The lowest BCUT2D eigenvalue weighted by Crippen LogP contribution is -2.33. The Labute approximate surface area is 149 Å². The SMILES string of the molecule is Cc1cc(C(F)(F)F)n2ncc(C(=O)N3CCC[C@H](N(C)C)CC3)c2n1. The van der Waals surface area contributed by atoms with Crippen LogP contribution < -0.4 is 0 Å². The Kier molecular flexibility index (Phi) is 4.92. The van der Waals surface area contributed by atoms with E-state index in [4.69, 9.17) is 0 Å². The van der Waals surface area contributed by atoms with Gasteiger partial charge in [-0.05, 0) is 46.3 Å². The Hall–Kier alpha value is -2.16. The molecule has 1 fully saturated rings. The quantitative estimate of drug-likeness (QED) is 0.817. The molecule has 0 N–H and O–H groups in total. The van der Waals surface area contributed by atoms with E-state index in [0.717, 1.165) is 25.3 Å². The Balaban J connectivity index is 1.93. The number of carbonyl (C=O) groups is 1. The van der Waals surface area contributed by atoms with Gasteiger partial charge in [-0.15, -0.1) is 0 Å². The molecule has 2 aromatic heterocycles. The molecule has 3 heterocycles. The van der Waals surface area contributed by atoms with Crippen LogP contribution in [0.2, 0.25) is 0 Å². The van der Waals surface area contributed by atoms with Gasteiger partial charge in [0.25, 0.3) is 5.91 Å². The molecule has 0 saturated carbocycles. The van der Waals surface area contributed by atoms with Crippen LogP contribution in [0.4, 0.5) is 13.2 Å². The lowest BCUT2D eigenvalue weighted by atomic mass is 10.1. The molecule has 1 amide bonds. The van der Waals surface area contributed by atoms with Crippen molar-refractivity contribution in [3.63, 3.8) is 0 Å². The lowest BCUT2D eigenvalue weighted by Gasteiger charge is -2.23. The third-order valence-electron chi connectivity index (χ3n) is 4.84. The van der Waals surface area contributed by atoms with Crippen molar-refractivity contribution in [2.75, 3.05) is 27.2 Å². The molecule has 9 heteroatoms. The second-order valence-electron chi connectivity index (χ2n) is 6.91. The molecule has 0 aromatic carbocycles. The van der Waals surface area contributed by atoms with Crippen LogP contribution >= 0.6 is 0 Å². The second-order valence-corrected chi connectivity index (χ2v) is 6.91. The maximum Gasteiger partial charge on any atom is 0.433 e. The van der Waals surface area contributed by atoms with Gasteiger partial charge in [0.15, 0.2) is 5.65 Å². The van der Waals surface area contributed by atoms with Gasteiger partial charge < -0.3 is 9.80 Å². The molecule has 1 saturated heterocycles. The molecular weight excluding hydrogens is 347 g/mol. The molecule has 1 aliphatic heterocycles. The molecule has 1 atom stereocenters. The van der Waals surface area contributed by atoms with E-state index in [-0.39, 0.29) is 22.8 Å². The third kappa shape index (κ3) is 3.53. The Morgan fingerprint density at radius 1 is 1.27 bits per heavy atom. The zero-order chi connectivity index (χ0) is 19.1. The summed E-state index contributed by atoms with van der Waals surface area (Å²) in [5, 5.41) is 3.79. The molecule has 0 aliphatic carbocycles. The molecule has 2 aromatic rings. The first-order valence-electron chi connectivity index (χ1n) is 8.56. The summed E-state index contributed by atoms with van der Waals surface area (Å²) in [4.78, 5) is 20.9. The van der Waals surface area contributed by atoms with E-state index < -0.39 is 11.9 Å². The average Bonchev–Trinajstić information content (AvgIpc) is 2.80. The van der Waals surface area contributed by atoms with E-state index in [1.54, 1.807) is 4.90 Å². The number of fused-ring (bicyclic) bond motifs is 1. The summed E-state index contributed by atoms with van der Waals surface area (Å²) < 4.78 is 40.4. The predicted molar refractivity (Wildman–Crippen MR) is 90.0 cm³/mol. The number of nitrogens with zero attached hydrogens (tertiary/aromatic N) is 5. The number of hydrogen-bond acceptors (Lipinski definition) is 4. The fourth-order valence-electron chi connectivity index (χ4n) is 3.41. The monoisotopic (exact) mass is 369 g/mol. The zero-order valence-electron chi connectivity index (χ0n) is 15.0. The zero-order valence-corrected chi connectivity index (χ0v) is 15.0. The highest BCUT2D eigenvalue weighted by Gasteiger charge is 2.36. The number of carbonyl (C=O) groups excluding carboxylic acids is 1. The molecule has 0 radical (unpaired) electrons. The van der Waals surface area contributed by atoms with Crippen LogP contribution in [0.25, 0.3) is 5.65 Å². The summed E-state index contributed by atoms with van der Waals surface area (Å²) in [6, 6.07) is 1.33. The topological polar surface area (TPSA) is 53.7 Å². The van der Waals surface area contributed by atoms with Crippen LogP contribution in [0.5, 0.6) is 0 Å². The summed E-state index contributed by atoms with van der Waals surface area (Å²) >= 11 is 0. The van der Waals surface area contributed by atoms with Gasteiger partial charge in [-0.2, -0.15) is 18.3 Å². The number of likely N-dealkylation sites (tertiary alicyclic amines) is 1. The van der Waals surface area contributed by atoms with Gasteiger partial charge in [-0.25, -0.2) is 9.50 Å². The number of alkyl halides is 3. The molecular formula is C17H22F3N5O. The molecule has 1 aliphatic rings. The number of aryl methyl sites for hydroxylation is 1. The van der Waals surface area contributed by atoms with E-state index in [2.05, 4.69) is 15.0 Å². The van der Waals surface area contributed by atoms with Crippen LogP contribution in [0.15, 0.2) is 12.3 Å². The Morgan fingerprint density at radius 3 is 2.65 bits per heavy atom. The van der Waals surface area contributed by atoms with Gasteiger partial charge in [-0.3, -0.25) is 4.79 Å². The number of aromatic nitrogens is 3. The van der Waals surface area contributed by atoms with Gasteiger partial charge in [0.05, 0.1) is 6.20 Å². The minimum atomic E-state index is -4.57. The smallest absolute Gasteiger partial charge is 0.338 e. The van der Waals surface area contributed by atoms with Crippen molar-refractivity contribution in [2.45, 2.75) is 38.4 Å². The molecule has 0 unspecified atom stereocenters. The van der Waals surface area contributed by atoms with Gasteiger partial charge >= 0.3 is 6.18 Å². The maximum atomic E-state index is 13.2. The highest BCUT2D eigenvalue weighted by molar-refractivity contribution is 5.99. The van der Waals surface area contributed by atoms with Crippen LogP contribution in [0, 0.1) is 6.92 Å². The fourth-order valence-corrected chi connectivity index (χ4v) is 3.41. The first kappa shape index (κ1) is 18.6. The summed E-state index contributed by atoms with van der Waals surface area (Å²) in [6.45, 7) is 2.62. The molecule has 6 nitrogen and oxygen atoms in total. The summed E-state index contributed by atoms with van der Waals surface area (Å²) in [6.07, 6.45) is -0.707. The number of amides is 1. The maximum absolute atomic E-state index is 13.2. The fraction of sp³-hybridized carbons (Fsp3) is 0.588. The minimum Gasteiger partial charge on any atom is -0.338 e. The molecule has 3 rings (SSSR count). The van der Waals surface area contributed by atoms with Crippen molar-refractivity contribution in [3.05, 3.63) is 29.2 Å². The lowest BCUT2D eigenvalue weighted by molar-refractivity contribution is -0.142. The first-order chi connectivity index (χ1) is 12.2. The van der Waals surface area contributed by atoms with Crippen molar-refractivity contribution >= 4 is 11.6 Å². The van der Waals surface area contributed by atoms with Crippen LogP contribution in [-0.4, -0.2) is 63.5 Å². The Bertz CT molecular complexity index is 815. The van der Waals surface area contributed by atoms with Gasteiger partial charge in [0.2, 0.25) is 0 Å². The molecule has 0 spiro atoms. The van der Waals surface area contributed by atoms with E-state index in [1.807, 2.05) is 14.1 Å². The number of rotatable bonds is 2. The van der Waals surface area contributed by atoms with Crippen LogP contribution in [0.3, 0.4) is 0 Å². The highest BCUT2D eigenvalue weighted by Crippen LogP contribution is 2.30. The van der Waals surface area contributed by atoms with Crippen molar-refractivity contribution < 1.29 is 18.0 Å². The van der Waals surface area contributed by atoms with Gasteiger partial charge in [0, 0.05) is 24.8 Å². The van der Waals surface area contributed by atoms with Crippen molar-refractivity contribution in [1.29, 1.82) is 0 Å². The van der Waals surface area contributed by atoms with E-state index in [0.29, 0.717) is 23.6 Å². The van der Waals surface area contributed by atoms with Crippen LogP contribution in [0.1, 0.15) is 41.0 Å². The summed E-state index contributed by atoms with van der Waals surface area (Å²) in [5.74, 6) is -0.314. The number of hydrogen-bond donors (Lipinski definition) is 0. The predicted octanol–water partition coefficient (Wildman–Crippen LogP) is 2.61. The van der Waals surface area contributed by atoms with Crippen LogP contribution in [-0.2, 0) is 6.18 Å². The van der Waals surface area contributed by atoms with Gasteiger partial charge in [0.1, 0.15) is 11.3 Å².